The number of hydrogen-bond donors (Lipinski definition) is 2. The van der Waals surface area contributed by atoms with Crippen LogP contribution in [0, 0.1) is 5.41 Å². The second-order valence-electron chi connectivity index (χ2n) is 2.77. The Morgan fingerprint density at radius 2 is 2.00 bits per heavy atom. The van der Waals surface area contributed by atoms with E-state index in [-0.39, 0.29) is 5.90 Å². The van der Waals surface area contributed by atoms with Gasteiger partial charge in [0.2, 0.25) is 5.90 Å². The van der Waals surface area contributed by atoms with Crippen LogP contribution < -0.4 is 0 Å². The van der Waals surface area contributed by atoms with Crippen molar-refractivity contribution in [2.24, 2.45) is 0 Å². The molecule has 3 heteroatoms. The maximum atomic E-state index is 9.61. The minimum atomic E-state index is -0.936. The van der Waals surface area contributed by atoms with E-state index in [0.717, 1.165) is 12.8 Å². The highest BCUT2D eigenvalue weighted by atomic mass is 16.5. The second kappa shape index (κ2) is 2.58. The molecule has 1 aliphatic rings. The van der Waals surface area contributed by atoms with Gasteiger partial charge in [-0.2, -0.15) is 0 Å². The van der Waals surface area contributed by atoms with Gasteiger partial charge in [0.1, 0.15) is 5.60 Å². The standard InChI is InChI=1S/C7H13NO2/c1-10-6(8)7(9)4-2-3-5-7/h8-9H,2-5H2,1H3. The van der Waals surface area contributed by atoms with E-state index >= 15 is 0 Å². The number of methoxy groups -OCH3 is 1. The van der Waals surface area contributed by atoms with Gasteiger partial charge in [-0.05, 0) is 25.7 Å². The summed E-state index contributed by atoms with van der Waals surface area (Å²) in [6.07, 6.45) is 3.36. The van der Waals surface area contributed by atoms with Crippen LogP contribution in [0.1, 0.15) is 25.7 Å². The lowest BCUT2D eigenvalue weighted by Crippen LogP contribution is -2.35. The van der Waals surface area contributed by atoms with Crippen molar-refractivity contribution in [3.63, 3.8) is 0 Å². The molecule has 1 fully saturated rings. The minimum absolute atomic E-state index is 0.0185. The van der Waals surface area contributed by atoms with E-state index in [1.165, 1.54) is 7.11 Å². The molecule has 0 radical (unpaired) electrons. The summed E-state index contributed by atoms with van der Waals surface area (Å²) in [6.45, 7) is 0. The number of ether oxygens (including phenoxy) is 1. The third kappa shape index (κ3) is 1.14. The molecule has 2 N–H and O–H groups in total. The Kier molecular flexibility index (Phi) is 1.94. The van der Waals surface area contributed by atoms with Crippen molar-refractivity contribution in [1.82, 2.24) is 0 Å². The van der Waals surface area contributed by atoms with Crippen molar-refractivity contribution in [2.75, 3.05) is 7.11 Å². The van der Waals surface area contributed by atoms with Gasteiger partial charge in [-0.15, -0.1) is 0 Å². The SMILES string of the molecule is COC(=N)C1(O)CCCC1. The van der Waals surface area contributed by atoms with Crippen LogP contribution in [0.25, 0.3) is 0 Å². The molecule has 0 aliphatic heterocycles. The summed E-state index contributed by atoms with van der Waals surface area (Å²) in [5, 5.41) is 16.9. The molecule has 0 heterocycles. The van der Waals surface area contributed by atoms with Crippen LogP contribution in [-0.4, -0.2) is 23.7 Å². The summed E-state index contributed by atoms with van der Waals surface area (Å²) >= 11 is 0. The Hall–Kier alpha value is -0.570. The monoisotopic (exact) mass is 143 g/mol. The van der Waals surface area contributed by atoms with Crippen molar-refractivity contribution in [2.45, 2.75) is 31.3 Å². The summed E-state index contributed by atoms with van der Waals surface area (Å²) in [5.41, 5.74) is -0.936. The normalized spacial score (nSPS) is 22.6. The molecule has 0 aromatic carbocycles. The van der Waals surface area contributed by atoms with E-state index in [1.54, 1.807) is 0 Å². The summed E-state index contributed by atoms with van der Waals surface area (Å²) in [6, 6.07) is 0. The Balaban J connectivity index is 2.58. The van der Waals surface area contributed by atoms with Crippen molar-refractivity contribution < 1.29 is 9.84 Å². The van der Waals surface area contributed by atoms with Crippen LogP contribution >= 0.6 is 0 Å². The molecule has 0 spiro atoms. The fourth-order valence-corrected chi connectivity index (χ4v) is 1.38. The maximum Gasteiger partial charge on any atom is 0.213 e. The highest BCUT2D eigenvalue weighted by molar-refractivity contribution is 5.82. The zero-order valence-electron chi connectivity index (χ0n) is 6.18. The van der Waals surface area contributed by atoms with E-state index in [4.69, 9.17) is 5.41 Å². The Bertz CT molecular complexity index is 139. The van der Waals surface area contributed by atoms with E-state index in [9.17, 15) is 5.11 Å². The van der Waals surface area contributed by atoms with Crippen LogP contribution in [-0.2, 0) is 4.74 Å². The number of hydrogen-bond acceptors (Lipinski definition) is 3. The molecule has 0 aromatic heterocycles. The molecule has 1 rings (SSSR count). The molecule has 0 saturated heterocycles. The number of aliphatic hydroxyl groups is 1. The molecule has 1 saturated carbocycles. The first kappa shape index (κ1) is 7.54. The van der Waals surface area contributed by atoms with Gasteiger partial charge in [0, 0.05) is 0 Å². The van der Waals surface area contributed by atoms with Crippen LogP contribution in [0.5, 0.6) is 0 Å². The van der Waals surface area contributed by atoms with Gasteiger partial charge in [-0.3, -0.25) is 5.41 Å². The summed E-state index contributed by atoms with van der Waals surface area (Å²) in [7, 11) is 1.43. The van der Waals surface area contributed by atoms with Crippen molar-refractivity contribution >= 4 is 5.90 Å². The van der Waals surface area contributed by atoms with Crippen LogP contribution in [0.4, 0.5) is 0 Å². The first-order valence-electron chi connectivity index (χ1n) is 3.54. The van der Waals surface area contributed by atoms with Gasteiger partial charge >= 0.3 is 0 Å². The zero-order chi connectivity index (χ0) is 7.61. The van der Waals surface area contributed by atoms with Gasteiger partial charge in [0.05, 0.1) is 7.11 Å². The quantitative estimate of drug-likeness (QED) is 0.423. The van der Waals surface area contributed by atoms with E-state index in [2.05, 4.69) is 4.74 Å². The zero-order valence-corrected chi connectivity index (χ0v) is 6.18. The fourth-order valence-electron chi connectivity index (χ4n) is 1.38. The Morgan fingerprint density at radius 1 is 1.50 bits per heavy atom. The molecule has 0 aromatic rings. The average molecular weight is 143 g/mol. The molecule has 1 aliphatic carbocycles. The molecule has 10 heavy (non-hydrogen) atoms. The fraction of sp³-hybridized carbons (Fsp3) is 0.857. The molecule has 0 atom stereocenters. The predicted octanol–water partition coefficient (Wildman–Crippen LogP) is 0.915. The lowest BCUT2D eigenvalue weighted by molar-refractivity contribution is 0.0913. The topological polar surface area (TPSA) is 53.3 Å². The first-order valence-corrected chi connectivity index (χ1v) is 3.54. The molecule has 0 unspecified atom stereocenters. The van der Waals surface area contributed by atoms with Gasteiger partial charge in [-0.1, -0.05) is 0 Å². The van der Waals surface area contributed by atoms with E-state index < -0.39 is 5.60 Å². The highest BCUT2D eigenvalue weighted by Crippen LogP contribution is 2.30. The molecule has 0 bridgehead atoms. The third-order valence-electron chi connectivity index (χ3n) is 2.06. The predicted molar refractivity (Wildman–Crippen MR) is 38.2 cm³/mol. The lowest BCUT2D eigenvalue weighted by Gasteiger charge is -2.20. The van der Waals surface area contributed by atoms with Crippen LogP contribution in [0.2, 0.25) is 0 Å². The second-order valence-corrected chi connectivity index (χ2v) is 2.77. The average Bonchev–Trinajstić information content (AvgIpc) is 2.36. The first-order chi connectivity index (χ1) is 4.69. The number of rotatable bonds is 1. The molecule has 0 amide bonds. The summed E-state index contributed by atoms with van der Waals surface area (Å²) < 4.78 is 4.67. The summed E-state index contributed by atoms with van der Waals surface area (Å²) in [5.74, 6) is 0.0185. The molecule has 3 nitrogen and oxygen atoms in total. The van der Waals surface area contributed by atoms with E-state index in [0.29, 0.717) is 12.8 Å². The van der Waals surface area contributed by atoms with E-state index in [1.807, 2.05) is 0 Å². The molecular weight excluding hydrogens is 130 g/mol. The van der Waals surface area contributed by atoms with Gasteiger partial charge in [0.15, 0.2) is 0 Å². The van der Waals surface area contributed by atoms with Crippen molar-refractivity contribution in [3.8, 4) is 0 Å². The summed E-state index contributed by atoms with van der Waals surface area (Å²) in [4.78, 5) is 0. The van der Waals surface area contributed by atoms with Crippen molar-refractivity contribution in [1.29, 1.82) is 5.41 Å². The highest BCUT2D eigenvalue weighted by Gasteiger charge is 2.36. The third-order valence-corrected chi connectivity index (χ3v) is 2.06. The minimum Gasteiger partial charge on any atom is -0.482 e. The maximum absolute atomic E-state index is 9.61. The number of nitrogens with one attached hydrogen (secondary N) is 1. The van der Waals surface area contributed by atoms with Gasteiger partial charge in [0.25, 0.3) is 0 Å². The Morgan fingerprint density at radius 3 is 2.40 bits per heavy atom. The smallest absolute Gasteiger partial charge is 0.213 e. The van der Waals surface area contributed by atoms with Gasteiger partial charge in [-0.25, -0.2) is 0 Å². The lowest BCUT2D eigenvalue weighted by atomic mass is 10.0. The van der Waals surface area contributed by atoms with Crippen molar-refractivity contribution in [3.05, 3.63) is 0 Å². The Labute approximate surface area is 60.5 Å². The van der Waals surface area contributed by atoms with Crippen LogP contribution in [0.3, 0.4) is 0 Å². The molecular formula is C7H13NO2. The molecule has 58 valence electrons. The van der Waals surface area contributed by atoms with Crippen LogP contribution in [0.15, 0.2) is 0 Å². The largest absolute Gasteiger partial charge is 0.482 e. The van der Waals surface area contributed by atoms with Gasteiger partial charge < -0.3 is 9.84 Å².